The molecular formula is C29H34F2N4O4. The molecule has 0 aliphatic carbocycles. The summed E-state index contributed by atoms with van der Waals surface area (Å²) in [7, 11) is 2.59. The van der Waals surface area contributed by atoms with Crippen molar-refractivity contribution in [3.63, 3.8) is 0 Å². The first kappa shape index (κ1) is 27.1. The van der Waals surface area contributed by atoms with E-state index < -0.39 is 11.6 Å². The Bertz CT molecular complexity index is 1200. The van der Waals surface area contributed by atoms with Crippen LogP contribution in [0, 0.1) is 11.6 Å². The van der Waals surface area contributed by atoms with Crippen LogP contribution in [0.2, 0.25) is 0 Å². The lowest BCUT2D eigenvalue weighted by Gasteiger charge is -2.39. The number of ether oxygens (including phenoxy) is 4. The highest BCUT2D eigenvalue weighted by Crippen LogP contribution is 2.33. The van der Waals surface area contributed by atoms with Crippen molar-refractivity contribution in [2.45, 2.75) is 44.2 Å². The number of likely N-dealkylation sites (tertiary alicyclic amines) is 1. The standard InChI is InChI=1S/C29H34F2N4O4/c1-36-25-15-26(37-2)28(31)24(27(25)30)18-39-23-16-32-29(33-17-23)34-21-5-3-19(4-6-21)20-7-11-35(12-8-20)22-9-13-38-14-10-22/h3-6,15-17,20,22H,7-14,18H2,1-2H3,(H,32,33,34). The Balaban J connectivity index is 1.14. The summed E-state index contributed by atoms with van der Waals surface area (Å²) in [6.07, 6.45) is 7.53. The monoisotopic (exact) mass is 540 g/mol. The van der Waals surface area contributed by atoms with Gasteiger partial charge in [0.2, 0.25) is 5.95 Å². The zero-order valence-corrected chi connectivity index (χ0v) is 22.3. The maximum atomic E-state index is 14.6. The molecule has 0 bridgehead atoms. The SMILES string of the molecule is COc1cc(OC)c(F)c(COc2cnc(Nc3ccc(C4CCN(C5CCOCC5)CC4)cc3)nc2)c1F. The quantitative estimate of drug-likeness (QED) is 0.384. The molecule has 0 saturated carbocycles. The lowest BCUT2D eigenvalue weighted by Crippen LogP contribution is -2.43. The Morgan fingerprint density at radius 2 is 1.54 bits per heavy atom. The van der Waals surface area contributed by atoms with Crippen molar-refractivity contribution in [3.8, 4) is 17.2 Å². The Hall–Kier alpha value is -3.50. The molecule has 1 N–H and O–H groups in total. The number of benzene rings is 2. The van der Waals surface area contributed by atoms with Crippen LogP contribution in [0.3, 0.4) is 0 Å². The molecule has 208 valence electrons. The minimum absolute atomic E-state index is 0.130. The highest BCUT2D eigenvalue weighted by molar-refractivity contribution is 5.54. The maximum Gasteiger partial charge on any atom is 0.227 e. The third-order valence-electron chi connectivity index (χ3n) is 7.55. The first-order valence-electron chi connectivity index (χ1n) is 13.3. The zero-order valence-electron chi connectivity index (χ0n) is 22.3. The molecule has 0 spiro atoms. The van der Waals surface area contributed by atoms with Crippen LogP contribution in [0.4, 0.5) is 20.4 Å². The van der Waals surface area contributed by atoms with E-state index in [0.717, 1.165) is 50.9 Å². The van der Waals surface area contributed by atoms with Crippen LogP contribution in [0.15, 0.2) is 42.7 Å². The Labute approximate surface area is 227 Å². The molecule has 10 heteroatoms. The molecule has 0 unspecified atom stereocenters. The summed E-state index contributed by atoms with van der Waals surface area (Å²) in [6, 6.07) is 10.2. The van der Waals surface area contributed by atoms with E-state index in [2.05, 4.69) is 32.3 Å². The van der Waals surface area contributed by atoms with Crippen LogP contribution in [0.25, 0.3) is 0 Å². The topological polar surface area (TPSA) is 78.0 Å². The summed E-state index contributed by atoms with van der Waals surface area (Å²) < 4.78 is 50.1. The fraction of sp³-hybridized carbons (Fsp3) is 0.448. The predicted octanol–water partition coefficient (Wildman–Crippen LogP) is 5.45. The normalized spacial score (nSPS) is 17.1. The molecule has 2 fully saturated rings. The highest BCUT2D eigenvalue weighted by atomic mass is 19.1. The Morgan fingerprint density at radius 1 is 0.923 bits per heavy atom. The molecule has 39 heavy (non-hydrogen) atoms. The molecule has 3 aromatic rings. The number of halogens is 2. The third kappa shape index (κ3) is 6.39. The summed E-state index contributed by atoms with van der Waals surface area (Å²) in [5.74, 6) is -0.721. The van der Waals surface area contributed by atoms with Gasteiger partial charge in [-0.25, -0.2) is 18.7 Å². The lowest BCUT2D eigenvalue weighted by molar-refractivity contribution is 0.0252. The van der Waals surface area contributed by atoms with Gasteiger partial charge in [0.15, 0.2) is 28.9 Å². The van der Waals surface area contributed by atoms with Crippen LogP contribution < -0.4 is 19.5 Å². The van der Waals surface area contributed by atoms with Gasteiger partial charge in [-0.05, 0) is 62.4 Å². The number of rotatable bonds is 9. The van der Waals surface area contributed by atoms with Crippen molar-refractivity contribution < 1.29 is 27.7 Å². The average Bonchev–Trinajstić information content (AvgIpc) is 2.99. The van der Waals surface area contributed by atoms with Crippen LogP contribution in [0.1, 0.15) is 42.7 Å². The summed E-state index contributed by atoms with van der Waals surface area (Å²) in [4.78, 5) is 11.2. The summed E-state index contributed by atoms with van der Waals surface area (Å²) in [5, 5.41) is 3.18. The first-order valence-corrected chi connectivity index (χ1v) is 13.3. The van der Waals surface area contributed by atoms with Crippen molar-refractivity contribution in [1.29, 1.82) is 0 Å². The van der Waals surface area contributed by atoms with Gasteiger partial charge >= 0.3 is 0 Å². The van der Waals surface area contributed by atoms with E-state index in [-0.39, 0.29) is 29.4 Å². The van der Waals surface area contributed by atoms with Gasteiger partial charge in [-0.3, -0.25) is 0 Å². The molecule has 3 heterocycles. The van der Waals surface area contributed by atoms with E-state index in [1.165, 1.54) is 45.0 Å². The van der Waals surface area contributed by atoms with Gasteiger partial charge in [0.1, 0.15) is 6.61 Å². The molecular weight excluding hydrogens is 506 g/mol. The number of methoxy groups -OCH3 is 2. The molecule has 0 amide bonds. The molecule has 2 aliphatic heterocycles. The highest BCUT2D eigenvalue weighted by Gasteiger charge is 2.27. The van der Waals surface area contributed by atoms with Crippen LogP contribution in [0.5, 0.6) is 17.2 Å². The maximum absolute atomic E-state index is 14.6. The minimum Gasteiger partial charge on any atom is -0.494 e. The van der Waals surface area contributed by atoms with Crippen molar-refractivity contribution in [3.05, 3.63) is 65.5 Å². The summed E-state index contributed by atoms with van der Waals surface area (Å²) in [5.41, 5.74) is 1.92. The van der Waals surface area contributed by atoms with Gasteiger partial charge in [-0.1, -0.05) is 12.1 Å². The van der Waals surface area contributed by atoms with Crippen molar-refractivity contribution in [1.82, 2.24) is 14.9 Å². The molecule has 2 saturated heterocycles. The largest absolute Gasteiger partial charge is 0.494 e. The van der Waals surface area contributed by atoms with E-state index in [1.54, 1.807) is 0 Å². The zero-order chi connectivity index (χ0) is 27.2. The van der Waals surface area contributed by atoms with E-state index in [9.17, 15) is 8.78 Å². The van der Waals surface area contributed by atoms with Crippen LogP contribution >= 0.6 is 0 Å². The molecule has 8 nitrogen and oxygen atoms in total. The average molecular weight is 541 g/mol. The Kier molecular flexibility index (Phi) is 8.73. The number of hydrogen-bond donors (Lipinski definition) is 1. The number of anilines is 2. The lowest BCUT2D eigenvalue weighted by atomic mass is 9.88. The molecule has 0 radical (unpaired) electrons. The second kappa shape index (κ2) is 12.6. The van der Waals surface area contributed by atoms with Gasteiger partial charge in [0, 0.05) is 31.0 Å². The van der Waals surface area contributed by atoms with Gasteiger partial charge in [0.05, 0.1) is 32.2 Å². The summed E-state index contributed by atoms with van der Waals surface area (Å²) >= 11 is 0. The smallest absolute Gasteiger partial charge is 0.227 e. The van der Waals surface area contributed by atoms with Crippen LogP contribution in [-0.4, -0.2) is 61.4 Å². The fourth-order valence-corrected chi connectivity index (χ4v) is 5.29. The van der Waals surface area contributed by atoms with E-state index in [0.29, 0.717) is 17.9 Å². The third-order valence-corrected chi connectivity index (χ3v) is 7.55. The second-order valence-corrected chi connectivity index (χ2v) is 9.82. The number of aromatic nitrogens is 2. The van der Waals surface area contributed by atoms with Gasteiger partial charge in [-0.2, -0.15) is 0 Å². The number of hydrogen-bond acceptors (Lipinski definition) is 8. The first-order chi connectivity index (χ1) is 19.1. The van der Waals surface area contributed by atoms with E-state index >= 15 is 0 Å². The number of nitrogens with zero attached hydrogens (tertiary/aromatic N) is 3. The molecule has 2 aromatic carbocycles. The van der Waals surface area contributed by atoms with Gasteiger partial charge in [-0.15, -0.1) is 0 Å². The van der Waals surface area contributed by atoms with Gasteiger partial charge in [0.25, 0.3) is 0 Å². The van der Waals surface area contributed by atoms with Crippen molar-refractivity contribution >= 4 is 11.6 Å². The fourth-order valence-electron chi connectivity index (χ4n) is 5.29. The number of piperidine rings is 1. The molecule has 5 rings (SSSR count). The predicted molar refractivity (Wildman–Crippen MR) is 143 cm³/mol. The molecule has 0 atom stereocenters. The minimum atomic E-state index is -0.844. The second-order valence-electron chi connectivity index (χ2n) is 9.82. The van der Waals surface area contributed by atoms with E-state index in [4.69, 9.17) is 18.9 Å². The van der Waals surface area contributed by atoms with Crippen LogP contribution in [-0.2, 0) is 11.3 Å². The Morgan fingerprint density at radius 3 is 2.13 bits per heavy atom. The van der Waals surface area contributed by atoms with Crippen molar-refractivity contribution in [2.24, 2.45) is 0 Å². The van der Waals surface area contributed by atoms with Crippen molar-refractivity contribution in [2.75, 3.05) is 45.8 Å². The molecule has 2 aliphatic rings. The molecule has 1 aromatic heterocycles. The summed E-state index contributed by atoms with van der Waals surface area (Å²) in [6.45, 7) is 3.68. The van der Waals surface area contributed by atoms with E-state index in [1.807, 2.05) is 12.1 Å². The number of nitrogens with one attached hydrogen (secondary N) is 1. The van der Waals surface area contributed by atoms with Gasteiger partial charge < -0.3 is 29.2 Å².